The highest BCUT2D eigenvalue weighted by molar-refractivity contribution is 7.13. The number of alkyl halides is 2. The van der Waals surface area contributed by atoms with Gasteiger partial charge in [0, 0.05) is 83.0 Å². The molecule has 4 aromatic heterocycles. The van der Waals surface area contributed by atoms with Crippen LogP contribution >= 0.6 is 11.3 Å². The molecule has 9 rings (SSSR count). The van der Waals surface area contributed by atoms with Crippen molar-refractivity contribution in [1.82, 2.24) is 49.9 Å². The van der Waals surface area contributed by atoms with E-state index >= 15 is 8.78 Å². The Hall–Kier alpha value is -7.35. The van der Waals surface area contributed by atoms with Crippen LogP contribution in [0.1, 0.15) is 89.0 Å². The van der Waals surface area contributed by atoms with E-state index in [1.807, 2.05) is 31.2 Å². The number of thiazole rings is 1. The van der Waals surface area contributed by atoms with E-state index in [0.717, 1.165) is 33.8 Å². The molecule has 3 fully saturated rings. The highest BCUT2D eigenvalue weighted by Crippen LogP contribution is 2.36. The Kier molecular flexibility index (Phi) is 17.6. The largest absolute Gasteiger partial charge is 0.487 e. The van der Waals surface area contributed by atoms with Crippen molar-refractivity contribution < 1.29 is 51.7 Å². The van der Waals surface area contributed by atoms with Crippen LogP contribution in [-0.4, -0.2) is 148 Å². The predicted molar refractivity (Wildman–Crippen MR) is 295 cm³/mol. The number of aliphatic hydroxyl groups is 2. The lowest BCUT2D eigenvalue weighted by molar-refractivity contribution is -0.144. The molecular formula is C56H67F4N13O7S. The van der Waals surface area contributed by atoms with E-state index in [2.05, 4.69) is 35.6 Å². The lowest BCUT2D eigenvalue weighted by Gasteiger charge is -2.44. The van der Waals surface area contributed by atoms with E-state index in [4.69, 9.17) is 16.2 Å². The van der Waals surface area contributed by atoms with Crippen molar-refractivity contribution in [3.8, 4) is 27.4 Å². The number of anilines is 2. The first-order valence-electron chi connectivity index (χ1n) is 27.0. The van der Waals surface area contributed by atoms with Crippen LogP contribution in [0.3, 0.4) is 0 Å². The number of nitrogens with one attached hydrogen (secondary N) is 2. The monoisotopic (exact) mass is 1140 g/mol. The number of carbonyl (C=O) groups is 4. The minimum atomic E-state index is -3.07. The van der Waals surface area contributed by atoms with E-state index in [1.54, 1.807) is 58.1 Å². The maximum absolute atomic E-state index is 16.1. The van der Waals surface area contributed by atoms with E-state index < -0.39 is 77.1 Å². The number of nitrogen functional groups attached to an aromatic ring is 1. The minimum Gasteiger partial charge on any atom is -0.487 e. The van der Waals surface area contributed by atoms with Gasteiger partial charge in [-0.1, -0.05) is 45.0 Å². The second-order valence-electron chi connectivity index (χ2n) is 22.3. The topological polar surface area (TPSA) is 273 Å². The third kappa shape index (κ3) is 13.2. The fourth-order valence-electron chi connectivity index (χ4n) is 10.8. The molecule has 6 aromatic rings. The SMILES string of the molecule is Cc1ncsc1-c1ccc(CNC(=O)[C@@H]2C[C@@H](O)CN2C(=O)[C@@H](NC(=O)CCCC(=O)N2CCC(Oc3cc(F)c(-c4cc(Cn5cnc6c(N)ncnc65)c(N5CCC[C@](N)([C@H](O)C(F)F)C5)cn4)cc3F)CC2)C(C)(C)C)cc1. The number of hydrogen-bond donors (Lipinski definition) is 6. The van der Waals surface area contributed by atoms with Gasteiger partial charge in [0.25, 0.3) is 6.43 Å². The highest BCUT2D eigenvalue weighted by atomic mass is 32.1. The molecule has 8 N–H and O–H groups in total. The van der Waals surface area contributed by atoms with Gasteiger partial charge in [0.2, 0.25) is 23.6 Å². The van der Waals surface area contributed by atoms with Gasteiger partial charge in [-0.25, -0.2) is 37.5 Å². The first-order chi connectivity index (χ1) is 38.6. The van der Waals surface area contributed by atoms with E-state index in [-0.39, 0.29) is 100 Å². The molecule has 0 spiro atoms. The molecule has 3 aliphatic heterocycles. The summed E-state index contributed by atoms with van der Waals surface area (Å²) in [6, 6.07) is 9.25. The summed E-state index contributed by atoms with van der Waals surface area (Å²) >= 11 is 1.55. The second-order valence-corrected chi connectivity index (χ2v) is 23.2. The van der Waals surface area contributed by atoms with Crippen molar-refractivity contribution in [2.24, 2.45) is 11.1 Å². The lowest BCUT2D eigenvalue weighted by atomic mass is 9.84. The van der Waals surface area contributed by atoms with Gasteiger partial charge in [0.1, 0.15) is 42.0 Å². The average Bonchev–Trinajstić information content (AvgIpc) is 4.28. The zero-order valence-corrected chi connectivity index (χ0v) is 46.3. The zero-order chi connectivity index (χ0) is 57.9. The second kappa shape index (κ2) is 24.4. The van der Waals surface area contributed by atoms with Crippen LogP contribution in [0, 0.1) is 24.0 Å². The molecule has 0 radical (unpaired) electrons. The molecule has 3 saturated heterocycles. The van der Waals surface area contributed by atoms with Crippen LogP contribution in [0.4, 0.5) is 29.1 Å². The molecule has 5 atom stereocenters. The number of piperidine rings is 2. The number of aliphatic hydroxyl groups excluding tert-OH is 2. The number of aryl methyl sites for hydroxylation is 1. The first-order valence-corrected chi connectivity index (χ1v) is 27.8. The summed E-state index contributed by atoms with van der Waals surface area (Å²) in [6.07, 6.45) is -1.09. The molecular weight excluding hydrogens is 1070 g/mol. The van der Waals surface area contributed by atoms with Gasteiger partial charge >= 0.3 is 0 Å². The number of likely N-dealkylation sites (tertiary alicyclic amines) is 2. The molecule has 25 heteroatoms. The Morgan fingerprint density at radius 2 is 1.73 bits per heavy atom. The molecule has 0 saturated carbocycles. The molecule has 81 heavy (non-hydrogen) atoms. The van der Waals surface area contributed by atoms with Crippen molar-refractivity contribution in [2.45, 2.75) is 135 Å². The smallest absolute Gasteiger partial charge is 0.265 e. The van der Waals surface area contributed by atoms with Gasteiger partial charge in [0.05, 0.1) is 58.2 Å². The average molecular weight is 1140 g/mol. The van der Waals surface area contributed by atoms with Crippen LogP contribution in [0.5, 0.6) is 5.75 Å². The van der Waals surface area contributed by atoms with Crippen LogP contribution in [0.15, 0.2) is 66.8 Å². The molecule has 0 aliphatic carbocycles. The van der Waals surface area contributed by atoms with Crippen LogP contribution in [0.25, 0.3) is 32.9 Å². The fourth-order valence-corrected chi connectivity index (χ4v) is 11.7. The molecule has 432 valence electrons. The van der Waals surface area contributed by atoms with E-state index in [0.29, 0.717) is 48.2 Å². The van der Waals surface area contributed by atoms with Crippen molar-refractivity contribution in [3.05, 3.63) is 95.3 Å². The summed E-state index contributed by atoms with van der Waals surface area (Å²) in [4.78, 5) is 81.6. The quantitative estimate of drug-likeness (QED) is 0.0580. The first kappa shape index (κ1) is 58.3. The Morgan fingerprint density at radius 1 is 0.975 bits per heavy atom. The van der Waals surface area contributed by atoms with Crippen LogP contribution in [-0.2, 0) is 32.3 Å². The van der Waals surface area contributed by atoms with Gasteiger partial charge in [-0.3, -0.25) is 24.2 Å². The number of halogens is 4. The summed E-state index contributed by atoms with van der Waals surface area (Å²) in [5.41, 5.74) is 16.2. The number of pyridine rings is 1. The highest BCUT2D eigenvalue weighted by Gasteiger charge is 2.45. The van der Waals surface area contributed by atoms with Gasteiger partial charge in [-0.05, 0) is 60.4 Å². The maximum Gasteiger partial charge on any atom is 0.265 e. The van der Waals surface area contributed by atoms with Gasteiger partial charge in [0.15, 0.2) is 23.0 Å². The van der Waals surface area contributed by atoms with Crippen molar-refractivity contribution in [3.63, 3.8) is 0 Å². The van der Waals surface area contributed by atoms with E-state index in [9.17, 15) is 38.2 Å². The van der Waals surface area contributed by atoms with Crippen LogP contribution < -0.4 is 31.7 Å². The van der Waals surface area contributed by atoms with Crippen molar-refractivity contribution >= 4 is 57.6 Å². The number of rotatable bonds is 18. The number of aromatic nitrogens is 6. The number of imidazole rings is 1. The number of hydrogen-bond acceptors (Lipinski definition) is 16. The maximum atomic E-state index is 16.1. The lowest BCUT2D eigenvalue weighted by Crippen LogP contribution is -2.63. The molecule has 20 nitrogen and oxygen atoms in total. The predicted octanol–water partition coefficient (Wildman–Crippen LogP) is 5.50. The minimum absolute atomic E-state index is 0.0366. The van der Waals surface area contributed by atoms with Gasteiger partial charge in [-0.2, -0.15) is 0 Å². The Bertz CT molecular complexity index is 3260. The summed E-state index contributed by atoms with van der Waals surface area (Å²) in [5.74, 6) is -3.45. The van der Waals surface area contributed by atoms with E-state index in [1.165, 1.54) is 23.8 Å². The fraction of sp³-hybridized carbons (Fsp3) is 0.482. The molecule has 0 unspecified atom stereocenters. The molecule has 3 aliphatic rings. The number of nitrogens with zero attached hydrogens (tertiary/aromatic N) is 9. The van der Waals surface area contributed by atoms with Gasteiger partial charge in [-0.15, -0.1) is 11.3 Å². The summed E-state index contributed by atoms with van der Waals surface area (Å²) in [5, 5.41) is 26.8. The van der Waals surface area contributed by atoms with Crippen molar-refractivity contribution in [1.29, 1.82) is 0 Å². The normalized spacial score (nSPS) is 19.7. The summed E-state index contributed by atoms with van der Waals surface area (Å²) in [6.45, 7) is 8.30. The van der Waals surface area contributed by atoms with Gasteiger partial charge < -0.3 is 56.3 Å². The molecule has 7 heterocycles. The summed E-state index contributed by atoms with van der Waals surface area (Å²) < 4.78 is 67.2. The number of benzene rings is 2. The zero-order valence-electron chi connectivity index (χ0n) is 45.5. The molecule has 0 bridgehead atoms. The third-order valence-electron chi connectivity index (χ3n) is 15.4. The number of β-amino-alcohol motifs (C(OH)–C–C–N with tert-alkyl or cyclic N) is 1. The third-order valence-corrected chi connectivity index (χ3v) is 16.3. The number of ether oxygens (including phenoxy) is 1. The molecule has 4 amide bonds. The Labute approximate surface area is 469 Å². The Morgan fingerprint density at radius 3 is 2.43 bits per heavy atom. The standard InChI is InChI=1S/C56H67F4N13O7S/c1-31-47(81-30-68-31)33-11-9-32(10-12-33)23-64-53(78)41-20-35(74)26-73(41)54(79)48(55(2,3)4)69-44(75)7-5-8-45(76)70-17-13-36(14-18-70)80-43-22-38(57)37(21-39(43)58)40-19-34(25-72-29-67-46-51(61)65-28-66-52(46)72)42(24-63-40)71-16-6-15-56(62,27-71)49(77)50(59)60/h9-12,19,21-22,24,28-30,35-36,41,48-50,74,77H,5-8,13-18,20,23,25-27,62H2,1-4H3,(H,64,78)(H,69,75)(H2,61,65,66)/t35-,41+,48-,49-,56-/m1/s1. The number of nitrogens with two attached hydrogens (primary N) is 2. The summed E-state index contributed by atoms with van der Waals surface area (Å²) in [7, 11) is 0. The number of carbonyl (C=O) groups excluding carboxylic acids is 4. The Balaban J connectivity index is 0.773. The number of amides is 4. The van der Waals surface area contributed by atoms with Crippen LogP contribution in [0.2, 0.25) is 0 Å². The number of fused-ring (bicyclic) bond motifs is 1. The van der Waals surface area contributed by atoms with Crippen molar-refractivity contribution in [2.75, 3.05) is 43.4 Å². The molecule has 2 aromatic carbocycles.